The van der Waals surface area contributed by atoms with Crippen LogP contribution in [-0.4, -0.2) is 49.8 Å². The van der Waals surface area contributed by atoms with Crippen LogP contribution in [0.3, 0.4) is 0 Å². The summed E-state index contributed by atoms with van der Waals surface area (Å²) < 4.78 is 41.2. The zero-order chi connectivity index (χ0) is 22.8. The Bertz CT molecular complexity index is 1120. The van der Waals surface area contributed by atoms with E-state index in [9.17, 15) is 18.1 Å². The van der Waals surface area contributed by atoms with Gasteiger partial charge in [-0.3, -0.25) is 0 Å². The Morgan fingerprint density at radius 3 is 2.52 bits per heavy atom. The van der Waals surface area contributed by atoms with Gasteiger partial charge in [-0.1, -0.05) is 18.2 Å². The van der Waals surface area contributed by atoms with Crippen molar-refractivity contribution in [2.24, 2.45) is 0 Å². The first-order chi connectivity index (χ1) is 15.9. The molecule has 6 rings (SSSR count). The van der Waals surface area contributed by atoms with Gasteiger partial charge in [-0.05, 0) is 67.6 Å². The van der Waals surface area contributed by atoms with Gasteiger partial charge in [-0.2, -0.15) is 13.8 Å². The summed E-state index contributed by atoms with van der Waals surface area (Å²) >= 11 is 0. The second kappa shape index (κ2) is 7.70. The Morgan fingerprint density at radius 1 is 1.15 bits per heavy atom. The minimum Gasteiger partial charge on any atom is -0.394 e. The maximum atomic E-state index is 14.3. The number of fused-ring (bicyclic) bond motifs is 2. The molecule has 1 unspecified atom stereocenters. The van der Waals surface area contributed by atoms with E-state index >= 15 is 0 Å². The van der Waals surface area contributed by atoms with Crippen LogP contribution in [0, 0.1) is 0 Å². The number of benzene rings is 1. The monoisotopic (exact) mass is 474 g/mol. The van der Waals surface area contributed by atoms with Crippen molar-refractivity contribution in [3.8, 4) is 0 Å². The van der Waals surface area contributed by atoms with E-state index in [-0.39, 0.29) is 23.0 Å². The predicted molar refractivity (Wildman–Crippen MR) is 122 cm³/mol. The lowest BCUT2D eigenvalue weighted by atomic mass is 9.77. The van der Waals surface area contributed by atoms with Crippen LogP contribution in [0.5, 0.6) is 0 Å². The molecule has 1 saturated heterocycles. The SMILES string of the molecule is O=S1c2c(nc(N3CCC(c4ccc5c(c4)CC5)CC3)nc2NC2(CO)CCC2)CC1(F)F. The number of halogens is 2. The van der Waals surface area contributed by atoms with E-state index in [0.717, 1.165) is 45.2 Å². The van der Waals surface area contributed by atoms with Crippen molar-refractivity contribution in [2.45, 2.75) is 73.0 Å². The second-order valence-electron chi connectivity index (χ2n) is 9.94. The highest BCUT2D eigenvalue weighted by Gasteiger charge is 2.50. The van der Waals surface area contributed by atoms with Gasteiger partial charge in [0.15, 0.2) is 0 Å². The van der Waals surface area contributed by atoms with Gasteiger partial charge in [0.2, 0.25) is 5.95 Å². The van der Waals surface area contributed by atoms with Gasteiger partial charge in [0.05, 0.1) is 24.3 Å². The molecular weight excluding hydrogens is 446 g/mol. The summed E-state index contributed by atoms with van der Waals surface area (Å²) in [7, 11) is -2.50. The van der Waals surface area contributed by atoms with Gasteiger partial charge in [0.1, 0.15) is 21.5 Å². The van der Waals surface area contributed by atoms with Crippen molar-refractivity contribution in [2.75, 3.05) is 29.9 Å². The van der Waals surface area contributed by atoms with Crippen LogP contribution < -0.4 is 10.2 Å². The highest BCUT2D eigenvalue weighted by Crippen LogP contribution is 2.44. The molecule has 0 radical (unpaired) electrons. The average molecular weight is 475 g/mol. The molecule has 0 bridgehead atoms. The largest absolute Gasteiger partial charge is 0.394 e. The molecule has 1 aromatic heterocycles. The lowest BCUT2D eigenvalue weighted by Gasteiger charge is -2.42. The first kappa shape index (κ1) is 21.4. The number of piperidine rings is 1. The Morgan fingerprint density at radius 2 is 1.91 bits per heavy atom. The van der Waals surface area contributed by atoms with Crippen molar-refractivity contribution < 1.29 is 18.1 Å². The van der Waals surface area contributed by atoms with Crippen LogP contribution in [0.1, 0.15) is 60.4 Å². The van der Waals surface area contributed by atoms with E-state index < -0.39 is 28.0 Å². The second-order valence-corrected chi connectivity index (χ2v) is 11.5. The normalized spacial score (nSPS) is 25.1. The average Bonchev–Trinajstić information content (AvgIpc) is 3.00. The van der Waals surface area contributed by atoms with Crippen molar-refractivity contribution in [1.82, 2.24) is 9.97 Å². The molecule has 6 nitrogen and oxygen atoms in total. The summed E-state index contributed by atoms with van der Waals surface area (Å²) in [5.41, 5.74) is 3.89. The first-order valence-corrected chi connectivity index (χ1v) is 13.0. The molecule has 2 aromatic rings. The van der Waals surface area contributed by atoms with Crippen LogP contribution in [0.25, 0.3) is 0 Å². The number of nitrogens with zero attached hydrogens (tertiary/aromatic N) is 3. The number of aliphatic hydroxyl groups excluding tert-OH is 1. The van der Waals surface area contributed by atoms with Crippen molar-refractivity contribution >= 4 is 22.6 Å². The molecular formula is C24H28F2N4O2S. The van der Waals surface area contributed by atoms with Crippen LogP contribution in [0.15, 0.2) is 23.1 Å². The van der Waals surface area contributed by atoms with E-state index in [4.69, 9.17) is 0 Å². The quantitative estimate of drug-likeness (QED) is 0.690. The summed E-state index contributed by atoms with van der Waals surface area (Å²) in [5.74, 6) is 1.08. The minimum atomic E-state index is -3.35. The summed E-state index contributed by atoms with van der Waals surface area (Å²) in [5, 5.41) is 9.71. The Kier molecular flexibility index (Phi) is 4.99. The Hall–Kier alpha value is -2.13. The van der Waals surface area contributed by atoms with Gasteiger partial charge < -0.3 is 15.3 Å². The lowest BCUT2D eigenvalue weighted by Crippen LogP contribution is -2.49. The smallest absolute Gasteiger partial charge is 0.331 e. The number of nitrogens with one attached hydrogen (secondary N) is 1. The Labute approximate surface area is 194 Å². The highest BCUT2D eigenvalue weighted by molar-refractivity contribution is 7.86. The van der Waals surface area contributed by atoms with Crippen molar-refractivity contribution in [1.29, 1.82) is 0 Å². The first-order valence-electron chi connectivity index (χ1n) is 11.8. The minimum absolute atomic E-state index is 0.000404. The predicted octanol–water partition coefficient (Wildman–Crippen LogP) is 3.54. The van der Waals surface area contributed by atoms with Gasteiger partial charge in [-0.25, -0.2) is 9.19 Å². The standard InChI is InChI=1S/C24H28F2N4O2S/c25-24(26)13-19-20(33(24)32)21(29-23(14-31)8-1-9-23)28-22(27-19)30-10-6-16(7-11-30)18-5-3-15-2-4-17(15)12-18/h3,5,12,16,31H,1-2,4,6-11,13-14H2,(H,27,28,29). The number of anilines is 2. The number of hydrogen-bond donors (Lipinski definition) is 2. The number of aliphatic hydroxyl groups is 1. The summed E-state index contributed by atoms with van der Waals surface area (Å²) in [6, 6.07) is 6.84. The van der Waals surface area contributed by atoms with Crippen LogP contribution in [0.4, 0.5) is 20.5 Å². The molecule has 1 aromatic carbocycles. The zero-order valence-corrected chi connectivity index (χ0v) is 19.3. The molecule has 1 saturated carbocycles. The molecule has 1 atom stereocenters. The van der Waals surface area contributed by atoms with E-state index in [1.807, 2.05) is 0 Å². The molecule has 2 fully saturated rings. The topological polar surface area (TPSA) is 78.4 Å². The van der Waals surface area contributed by atoms with Crippen molar-refractivity contribution in [3.63, 3.8) is 0 Å². The summed E-state index contributed by atoms with van der Waals surface area (Å²) in [6.45, 7) is 1.37. The number of alkyl halides is 2. The summed E-state index contributed by atoms with van der Waals surface area (Å²) in [6.07, 6.45) is 6.01. The van der Waals surface area contributed by atoms with E-state index in [1.165, 1.54) is 29.5 Å². The molecule has 3 heterocycles. The van der Waals surface area contributed by atoms with Gasteiger partial charge in [0, 0.05) is 13.1 Å². The third kappa shape index (κ3) is 3.55. The maximum absolute atomic E-state index is 14.3. The highest BCUT2D eigenvalue weighted by atomic mass is 32.2. The molecule has 33 heavy (non-hydrogen) atoms. The van der Waals surface area contributed by atoms with Gasteiger partial charge >= 0.3 is 5.25 Å². The molecule has 9 heteroatoms. The molecule has 2 aliphatic heterocycles. The number of rotatable bonds is 5. The molecule has 2 aliphatic carbocycles. The van der Waals surface area contributed by atoms with Crippen LogP contribution >= 0.6 is 0 Å². The van der Waals surface area contributed by atoms with E-state index in [1.54, 1.807) is 0 Å². The fourth-order valence-electron chi connectivity index (χ4n) is 5.49. The van der Waals surface area contributed by atoms with E-state index in [0.29, 0.717) is 11.9 Å². The molecule has 176 valence electrons. The molecule has 0 spiro atoms. The number of hydrogen-bond acceptors (Lipinski definition) is 6. The molecule has 0 amide bonds. The maximum Gasteiger partial charge on any atom is 0.331 e. The van der Waals surface area contributed by atoms with Gasteiger partial charge in [-0.15, -0.1) is 0 Å². The Balaban J connectivity index is 1.26. The van der Waals surface area contributed by atoms with E-state index in [2.05, 4.69) is 38.4 Å². The summed E-state index contributed by atoms with van der Waals surface area (Å²) in [4.78, 5) is 11.1. The lowest BCUT2D eigenvalue weighted by molar-refractivity contribution is 0.104. The van der Waals surface area contributed by atoms with Crippen molar-refractivity contribution in [3.05, 3.63) is 40.6 Å². The third-order valence-corrected chi connectivity index (χ3v) is 9.38. The number of aromatic nitrogens is 2. The molecule has 2 N–H and O–H groups in total. The zero-order valence-electron chi connectivity index (χ0n) is 18.4. The third-order valence-electron chi connectivity index (χ3n) is 7.89. The van der Waals surface area contributed by atoms with Crippen LogP contribution in [-0.2, 0) is 30.1 Å². The van der Waals surface area contributed by atoms with Gasteiger partial charge in [0.25, 0.3) is 0 Å². The fourth-order valence-corrected chi connectivity index (χ4v) is 6.66. The van der Waals surface area contributed by atoms with Crippen LogP contribution in [0.2, 0.25) is 0 Å². The number of aryl methyl sites for hydroxylation is 2. The fraction of sp³-hybridized carbons (Fsp3) is 0.583. The molecule has 4 aliphatic rings.